The highest BCUT2D eigenvalue weighted by atomic mass is 32.7. The van der Waals surface area contributed by atoms with E-state index in [1.54, 1.807) is 36.0 Å². The lowest BCUT2D eigenvalue weighted by Crippen LogP contribution is -2.27. The Balaban J connectivity index is 1.71. The van der Waals surface area contributed by atoms with Gasteiger partial charge in [-0.05, 0) is 72.4 Å². The Bertz CT molecular complexity index is 1340. The number of thioether (sulfide) groups is 1. The normalized spacial score (nSPS) is 12.8. The lowest BCUT2D eigenvalue weighted by molar-refractivity contribution is 0.305. The predicted molar refractivity (Wildman–Crippen MR) is 166 cm³/mol. The molecule has 3 rings (SSSR count). The van der Waals surface area contributed by atoms with Crippen LogP contribution in [0.3, 0.4) is 0 Å². The average Bonchev–Trinajstić information content (AvgIpc) is 3.24. The van der Waals surface area contributed by atoms with E-state index in [0.29, 0.717) is 24.2 Å². The van der Waals surface area contributed by atoms with E-state index in [9.17, 15) is 14.2 Å². The van der Waals surface area contributed by atoms with Gasteiger partial charge in [0.15, 0.2) is 0 Å². The first kappa shape index (κ1) is 32.2. The standard InChI is InChI=1S/C29H41N2O6PS2/c1-4-7-9-11-20-35-25-16-18-26(19-17-25)37-38(34,21-12-10-8-5-2)40-23-30-28(32)31(36-29(30)33)24-14-13-15-27(22-24)39-6-3/h13-19,22H,4-12,20-21,23H2,1-3H3. The highest BCUT2D eigenvalue weighted by Gasteiger charge is 2.27. The highest BCUT2D eigenvalue weighted by Crippen LogP contribution is 2.60. The van der Waals surface area contributed by atoms with Crippen molar-refractivity contribution in [1.82, 2.24) is 9.31 Å². The maximum atomic E-state index is 13.9. The van der Waals surface area contributed by atoms with E-state index >= 15 is 0 Å². The van der Waals surface area contributed by atoms with E-state index in [4.69, 9.17) is 13.8 Å². The molecular formula is C29H41N2O6PS2. The van der Waals surface area contributed by atoms with Gasteiger partial charge in [-0.25, -0.2) is 14.2 Å². The third kappa shape index (κ3) is 9.96. The summed E-state index contributed by atoms with van der Waals surface area (Å²) in [5.74, 6) is 1.14. The van der Waals surface area contributed by atoms with Crippen molar-refractivity contribution in [2.75, 3.05) is 18.5 Å². The molecule has 0 saturated carbocycles. The molecule has 1 unspecified atom stereocenters. The van der Waals surface area contributed by atoms with E-state index in [1.165, 1.54) is 12.8 Å². The molecule has 8 nitrogen and oxygen atoms in total. The monoisotopic (exact) mass is 608 g/mol. The van der Waals surface area contributed by atoms with Gasteiger partial charge >= 0.3 is 18.0 Å². The van der Waals surface area contributed by atoms with E-state index in [-0.39, 0.29) is 5.88 Å². The zero-order valence-electron chi connectivity index (χ0n) is 23.7. The van der Waals surface area contributed by atoms with Crippen molar-refractivity contribution >= 4 is 29.7 Å². The van der Waals surface area contributed by atoms with Crippen molar-refractivity contribution in [1.29, 1.82) is 0 Å². The highest BCUT2D eigenvalue weighted by molar-refractivity contribution is 8.56. The molecule has 1 heterocycles. The third-order valence-electron chi connectivity index (χ3n) is 6.16. The number of aromatic nitrogens is 2. The summed E-state index contributed by atoms with van der Waals surface area (Å²) in [5.41, 5.74) is -0.148. The molecule has 0 spiro atoms. The fraction of sp³-hybridized carbons (Fsp3) is 0.517. The summed E-state index contributed by atoms with van der Waals surface area (Å²) < 4.78 is 33.0. The van der Waals surface area contributed by atoms with Crippen molar-refractivity contribution < 1.29 is 18.3 Å². The molecule has 1 aromatic heterocycles. The van der Waals surface area contributed by atoms with Crippen LogP contribution >= 0.6 is 29.7 Å². The summed E-state index contributed by atoms with van der Waals surface area (Å²) >= 11 is 2.62. The number of benzene rings is 2. The Hall–Kier alpha value is -2.29. The minimum Gasteiger partial charge on any atom is -0.494 e. The van der Waals surface area contributed by atoms with Crippen LogP contribution in [0.2, 0.25) is 0 Å². The third-order valence-corrected chi connectivity index (χ3v) is 11.5. The molecule has 0 amide bonds. The van der Waals surface area contributed by atoms with Crippen LogP contribution in [0.25, 0.3) is 5.69 Å². The lowest BCUT2D eigenvalue weighted by Gasteiger charge is -2.19. The summed E-state index contributed by atoms with van der Waals surface area (Å²) in [6.07, 6.45) is 8.62. The summed E-state index contributed by atoms with van der Waals surface area (Å²) in [7, 11) is 0. The van der Waals surface area contributed by atoms with Gasteiger partial charge in [-0.3, -0.25) is 4.57 Å². The smallest absolute Gasteiger partial charge is 0.443 e. The molecule has 3 aromatic rings. The fourth-order valence-electron chi connectivity index (χ4n) is 3.98. The number of rotatable bonds is 19. The largest absolute Gasteiger partial charge is 0.494 e. The van der Waals surface area contributed by atoms with E-state index < -0.39 is 18.0 Å². The van der Waals surface area contributed by atoms with Crippen LogP contribution in [-0.2, 0) is 10.4 Å². The van der Waals surface area contributed by atoms with E-state index in [2.05, 4.69) is 13.8 Å². The first-order valence-electron chi connectivity index (χ1n) is 14.1. The second-order valence-corrected chi connectivity index (χ2v) is 15.6. The fourth-order valence-corrected chi connectivity index (χ4v) is 8.59. The topological polar surface area (TPSA) is 92.7 Å². The summed E-state index contributed by atoms with van der Waals surface area (Å²) in [6, 6.07) is 14.4. The molecule has 220 valence electrons. The van der Waals surface area contributed by atoms with Crippen LogP contribution in [0.4, 0.5) is 0 Å². The lowest BCUT2D eigenvalue weighted by atomic mass is 10.2. The Labute approximate surface area is 245 Å². The first-order chi connectivity index (χ1) is 19.4. The van der Waals surface area contributed by atoms with Crippen molar-refractivity contribution in [3.05, 3.63) is 69.6 Å². The zero-order chi connectivity index (χ0) is 28.8. The molecule has 1 atom stereocenters. The van der Waals surface area contributed by atoms with Gasteiger partial charge < -0.3 is 13.8 Å². The Kier molecular flexibility index (Phi) is 13.6. The molecule has 40 heavy (non-hydrogen) atoms. The van der Waals surface area contributed by atoms with Gasteiger partial charge in [0.1, 0.15) is 11.5 Å². The number of hydrogen-bond donors (Lipinski definition) is 0. The molecule has 0 aliphatic heterocycles. The molecular weight excluding hydrogens is 567 g/mol. The van der Waals surface area contributed by atoms with Gasteiger partial charge in [0, 0.05) is 11.1 Å². The molecule has 0 aliphatic rings. The summed E-state index contributed by atoms with van der Waals surface area (Å²) in [5, 5.41) is 0. The predicted octanol–water partition coefficient (Wildman–Crippen LogP) is 8.21. The van der Waals surface area contributed by atoms with Crippen LogP contribution in [-0.4, -0.2) is 27.8 Å². The van der Waals surface area contributed by atoms with Gasteiger partial charge in [-0.1, -0.05) is 65.4 Å². The van der Waals surface area contributed by atoms with Crippen LogP contribution < -0.4 is 20.7 Å². The maximum absolute atomic E-state index is 13.9. The quantitative estimate of drug-likeness (QED) is 0.0764. The minimum atomic E-state index is -3.29. The Morgan fingerprint density at radius 2 is 1.57 bits per heavy atom. The van der Waals surface area contributed by atoms with E-state index in [0.717, 1.165) is 75.6 Å². The Morgan fingerprint density at radius 1 is 0.875 bits per heavy atom. The van der Waals surface area contributed by atoms with Crippen LogP contribution in [0.1, 0.15) is 72.1 Å². The molecule has 2 aromatic carbocycles. The van der Waals surface area contributed by atoms with Crippen LogP contribution in [0.15, 0.2) is 67.5 Å². The first-order valence-corrected chi connectivity index (χ1v) is 18.5. The SMILES string of the molecule is CCCCCCOc1ccc(OP(=O)(CCCCCC)SCn2c(=O)on(-c3cccc(SCC)c3)c2=O)cc1. The maximum Gasteiger partial charge on any atom is 0.443 e. The molecule has 0 radical (unpaired) electrons. The second kappa shape index (κ2) is 16.8. The van der Waals surface area contributed by atoms with Gasteiger partial charge in [-0.2, -0.15) is 0 Å². The minimum absolute atomic E-state index is 0.137. The number of ether oxygens (including phenoxy) is 1. The summed E-state index contributed by atoms with van der Waals surface area (Å²) in [4.78, 5) is 26.7. The van der Waals surface area contributed by atoms with Crippen molar-refractivity contribution in [3.8, 4) is 17.2 Å². The van der Waals surface area contributed by atoms with Gasteiger partial charge in [0.05, 0.1) is 18.2 Å². The van der Waals surface area contributed by atoms with Gasteiger partial charge in [-0.15, -0.1) is 16.5 Å². The van der Waals surface area contributed by atoms with Crippen molar-refractivity contribution in [3.63, 3.8) is 0 Å². The van der Waals surface area contributed by atoms with Crippen LogP contribution in [0.5, 0.6) is 11.5 Å². The van der Waals surface area contributed by atoms with Crippen LogP contribution in [0, 0.1) is 0 Å². The molecule has 0 bridgehead atoms. The molecule has 0 saturated heterocycles. The number of unbranched alkanes of at least 4 members (excludes halogenated alkanes) is 6. The van der Waals surface area contributed by atoms with Gasteiger partial charge in [0.2, 0.25) is 0 Å². The molecule has 0 aliphatic carbocycles. The van der Waals surface area contributed by atoms with Gasteiger partial charge in [0.25, 0.3) is 0 Å². The van der Waals surface area contributed by atoms with Crippen molar-refractivity contribution in [2.24, 2.45) is 0 Å². The summed E-state index contributed by atoms with van der Waals surface area (Å²) in [6.45, 7) is 3.70. The molecule has 0 fully saturated rings. The second-order valence-electron chi connectivity index (χ2n) is 9.42. The van der Waals surface area contributed by atoms with E-state index in [1.807, 2.05) is 31.2 Å². The Morgan fingerprint density at radius 3 is 2.27 bits per heavy atom. The number of nitrogens with zero attached hydrogens (tertiary/aromatic N) is 2. The molecule has 11 heteroatoms. The average molecular weight is 609 g/mol. The number of hydrogen-bond acceptors (Lipinski definition) is 8. The van der Waals surface area contributed by atoms with Crippen molar-refractivity contribution in [2.45, 2.75) is 82.9 Å². The zero-order valence-corrected chi connectivity index (χ0v) is 26.2. The molecule has 0 N–H and O–H groups in total.